The Morgan fingerprint density at radius 1 is 1.47 bits per heavy atom. The zero-order chi connectivity index (χ0) is 12.4. The highest BCUT2D eigenvalue weighted by molar-refractivity contribution is 9.10. The van der Waals surface area contributed by atoms with Gasteiger partial charge in [-0.25, -0.2) is 9.79 Å². The Kier molecular flexibility index (Phi) is 3.28. The maximum atomic E-state index is 11.4. The van der Waals surface area contributed by atoms with E-state index in [1.54, 1.807) is 20.1 Å². The monoisotopic (exact) mass is 295 g/mol. The van der Waals surface area contributed by atoms with Crippen molar-refractivity contribution in [2.24, 2.45) is 4.99 Å². The van der Waals surface area contributed by atoms with Crippen LogP contribution < -0.4 is 4.74 Å². The number of esters is 1. The van der Waals surface area contributed by atoms with Crippen LogP contribution >= 0.6 is 15.9 Å². The lowest BCUT2D eigenvalue weighted by Gasteiger charge is -2.03. The van der Waals surface area contributed by atoms with Crippen LogP contribution in [-0.2, 0) is 9.53 Å². The summed E-state index contributed by atoms with van der Waals surface area (Å²) in [6.45, 7) is 1.64. The van der Waals surface area contributed by atoms with Gasteiger partial charge in [0.2, 0.25) is 0 Å². The molecule has 1 heterocycles. The zero-order valence-corrected chi connectivity index (χ0v) is 10.9. The third kappa shape index (κ3) is 2.55. The smallest absolute Gasteiger partial charge is 0.363 e. The van der Waals surface area contributed by atoms with Gasteiger partial charge in [0.25, 0.3) is 0 Å². The summed E-state index contributed by atoms with van der Waals surface area (Å²) in [5.41, 5.74) is 1.16. The molecule has 88 valence electrons. The van der Waals surface area contributed by atoms with E-state index in [-0.39, 0.29) is 0 Å². The maximum Gasteiger partial charge on any atom is 0.363 e. The molecule has 0 atom stereocenters. The van der Waals surface area contributed by atoms with E-state index in [0.29, 0.717) is 11.6 Å². The van der Waals surface area contributed by atoms with E-state index in [1.165, 1.54) is 0 Å². The third-order valence-electron chi connectivity index (χ3n) is 2.21. The second-order valence-corrected chi connectivity index (χ2v) is 4.30. The molecule has 1 aliphatic rings. The van der Waals surface area contributed by atoms with Gasteiger partial charge < -0.3 is 9.47 Å². The van der Waals surface area contributed by atoms with E-state index in [1.807, 2.05) is 18.2 Å². The SMILES string of the molecule is COc1ccc(/C=C2/N=C(C)OC2=O)cc1Br. The molecule has 0 fully saturated rings. The highest BCUT2D eigenvalue weighted by Crippen LogP contribution is 2.27. The van der Waals surface area contributed by atoms with E-state index < -0.39 is 5.97 Å². The van der Waals surface area contributed by atoms with Crippen LogP contribution in [0.4, 0.5) is 0 Å². The molecule has 5 heteroatoms. The molecule has 0 aromatic heterocycles. The molecule has 0 saturated carbocycles. The van der Waals surface area contributed by atoms with Gasteiger partial charge in [0.1, 0.15) is 5.75 Å². The highest BCUT2D eigenvalue weighted by atomic mass is 79.9. The van der Waals surface area contributed by atoms with Gasteiger partial charge in [-0.2, -0.15) is 0 Å². The molecule has 1 aliphatic heterocycles. The molecule has 0 amide bonds. The largest absolute Gasteiger partial charge is 0.496 e. The summed E-state index contributed by atoms with van der Waals surface area (Å²) >= 11 is 3.38. The lowest BCUT2D eigenvalue weighted by atomic mass is 10.2. The van der Waals surface area contributed by atoms with Crippen LogP contribution in [0.1, 0.15) is 12.5 Å². The van der Waals surface area contributed by atoms with Crippen LogP contribution in [0, 0.1) is 0 Å². The lowest BCUT2D eigenvalue weighted by molar-refractivity contribution is -0.130. The van der Waals surface area contributed by atoms with Crippen molar-refractivity contribution in [2.75, 3.05) is 7.11 Å². The van der Waals surface area contributed by atoms with Crippen LogP contribution in [-0.4, -0.2) is 19.0 Å². The molecule has 0 bridgehead atoms. The predicted octanol–water partition coefficient (Wildman–Crippen LogP) is 2.77. The fraction of sp³-hybridized carbons (Fsp3) is 0.167. The Labute approximate surface area is 107 Å². The molecule has 0 radical (unpaired) electrons. The van der Waals surface area contributed by atoms with E-state index in [2.05, 4.69) is 20.9 Å². The van der Waals surface area contributed by atoms with Gasteiger partial charge in [-0.1, -0.05) is 6.07 Å². The first-order valence-corrected chi connectivity index (χ1v) is 5.72. The number of carbonyl (C=O) groups is 1. The molecule has 2 rings (SSSR count). The average molecular weight is 296 g/mol. The van der Waals surface area contributed by atoms with E-state index in [4.69, 9.17) is 9.47 Å². The Bertz CT molecular complexity index is 535. The molecule has 0 saturated heterocycles. The summed E-state index contributed by atoms with van der Waals surface area (Å²) < 4.78 is 10.8. The minimum atomic E-state index is -0.422. The predicted molar refractivity (Wildman–Crippen MR) is 67.9 cm³/mol. The summed E-state index contributed by atoms with van der Waals surface area (Å²) in [4.78, 5) is 15.4. The number of hydrogen-bond donors (Lipinski definition) is 0. The van der Waals surface area contributed by atoms with Gasteiger partial charge in [-0.05, 0) is 39.7 Å². The third-order valence-corrected chi connectivity index (χ3v) is 2.83. The van der Waals surface area contributed by atoms with Gasteiger partial charge in [-0.15, -0.1) is 0 Å². The number of hydrogen-bond acceptors (Lipinski definition) is 4. The number of methoxy groups -OCH3 is 1. The molecule has 1 aromatic rings. The minimum Gasteiger partial charge on any atom is -0.496 e. The Hall–Kier alpha value is -1.62. The van der Waals surface area contributed by atoms with Crippen LogP contribution in [0.2, 0.25) is 0 Å². The van der Waals surface area contributed by atoms with Gasteiger partial charge >= 0.3 is 5.97 Å². The van der Waals surface area contributed by atoms with Crippen molar-refractivity contribution in [2.45, 2.75) is 6.92 Å². The van der Waals surface area contributed by atoms with Crippen molar-refractivity contribution < 1.29 is 14.3 Å². The molecule has 0 aliphatic carbocycles. The average Bonchev–Trinajstić information content (AvgIpc) is 2.58. The molecule has 0 unspecified atom stereocenters. The Morgan fingerprint density at radius 3 is 2.76 bits per heavy atom. The number of aliphatic imine (C=N–C) groups is 1. The second-order valence-electron chi connectivity index (χ2n) is 3.44. The van der Waals surface area contributed by atoms with Crippen molar-refractivity contribution >= 4 is 33.9 Å². The van der Waals surface area contributed by atoms with Gasteiger partial charge in [0.15, 0.2) is 11.6 Å². The zero-order valence-electron chi connectivity index (χ0n) is 9.36. The van der Waals surface area contributed by atoms with Crippen LogP contribution in [0.15, 0.2) is 33.4 Å². The number of carbonyl (C=O) groups excluding carboxylic acids is 1. The van der Waals surface area contributed by atoms with Crippen molar-refractivity contribution in [1.82, 2.24) is 0 Å². The fourth-order valence-corrected chi connectivity index (χ4v) is 2.00. The lowest BCUT2D eigenvalue weighted by Crippen LogP contribution is -1.99. The van der Waals surface area contributed by atoms with Crippen molar-refractivity contribution in [3.05, 3.63) is 33.9 Å². The molecule has 17 heavy (non-hydrogen) atoms. The van der Waals surface area contributed by atoms with Crippen LogP contribution in [0.25, 0.3) is 6.08 Å². The summed E-state index contributed by atoms with van der Waals surface area (Å²) in [5.74, 6) is 0.684. The number of rotatable bonds is 2. The number of ether oxygens (including phenoxy) is 2. The molecule has 1 aromatic carbocycles. The number of nitrogens with zero attached hydrogens (tertiary/aromatic N) is 1. The maximum absolute atomic E-state index is 11.4. The summed E-state index contributed by atoms with van der Waals surface area (Å²) in [6, 6.07) is 5.50. The van der Waals surface area contributed by atoms with E-state index in [9.17, 15) is 4.79 Å². The topological polar surface area (TPSA) is 47.9 Å². The molecule has 4 nitrogen and oxygen atoms in total. The van der Waals surface area contributed by atoms with Gasteiger partial charge in [0, 0.05) is 6.92 Å². The second kappa shape index (κ2) is 4.71. The number of benzene rings is 1. The first-order chi connectivity index (χ1) is 8.10. The Morgan fingerprint density at radius 2 is 2.24 bits per heavy atom. The normalized spacial score (nSPS) is 17.0. The molecular weight excluding hydrogens is 286 g/mol. The quantitative estimate of drug-likeness (QED) is 0.623. The molecule has 0 spiro atoms. The fourth-order valence-electron chi connectivity index (χ4n) is 1.45. The van der Waals surface area contributed by atoms with Crippen LogP contribution in [0.5, 0.6) is 5.75 Å². The van der Waals surface area contributed by atoms with E-state index >= 15 is 0 Å². The van der Waals surface area contributed by atoms with Gasteiger partial charge in [-0.3, -0.25) is 0 Å². The first-order valence-electron chi connectivity index (χ1n) is 4.93. The summed E-state index contributed by atoms with van der Waals surface area (Å²) in [5, 5.41) is 0. The highest BCUT2D eigenvalue weighted by Gasteiger charge is 2.19. The number of cyclic esters (lactones) is 1. The summed E-state index contributed by atoms with van der Waals surface area (Å²) in [7, 11) is 1.60. The Balaban J connectivity index is 2.33. The molecular formula is C12H10BrNO3. The van der Waals surface area contributed by atoms with E-state index in [0.717, 1.165) is 15.8 Å². The van der Waals surface area contributed by atoms with Gasteiger partial charge in [0.05, 0.1) is 11.6 Å². The van der Waals surface area contributed by atoms with Crippen molar-refractivity contribution in [1.29, 1.82) is 0 Å². The minimum absolute atomic E-state index is 0.305. The van der Waals surface area contributed by atoms with Crippen molar-refractivity contribution in [3.8, 4) is 5.75 Å². The standard InChI is InChI=1S/C12H10BrNO3/c1-7-14-10(12(15)17-7)6-8-3-4-11(16-2)9(13)5-8/h3-6H,1-2H3/b10-6+. The summed E-state index contributed by atoms with van der Waals surface area (Å²) in [6.07, 6.45) is 1.67. The number of halogens is 1. The first kappa shape index (κ1) is 11.9. The van der Waals surface area contributed by atoms with Crippen LogP contribution in [0.3, 0.4) is 0 Å². The van der Waals surface area contributed by atoms with Crippen molar-refractivity contribution in [3.63, 3.8) is 0 Å². The molecule has 0 N–H and O–H groups in total.